The summed E-state index contributed by atoms with van der Waals surface area (Å²) in [5, 5.41) is 18.0. The van der Waals surface area contributed by atoms with E-state index in [2.05, 4.69) is 28.1 Å². The van der Waals surface area contributed by atoms with Crippen molar-refractivity contribution in [3.05, 3.63) is 65.7 Å². The van der Waals surface area contributed by atoms with Gasteiger partial charge in [-0.05, 0) is 75.3 Å². The zero-order valence-electron chi connectivity index (χ0n) is 22.1. The van der Waals surface area contributed by atoms with Gasteiger partial charge in [0.15, 0.2) is 0 Å². The molecule has 0 unspecified atom stereocenters. The topological polar surface area (TPSA) is 117 Å². The minimum absolute atomic E-state index is 0.103. The van der Waals surface area contributed by atoms with Crippen LogP contribution in [0.1, 0.15) is 44.7 Å². The Bertz CT molecular complexity index is 993. The lowest BCUT2D eigenvalue weighted by atomic mass is 10.0. The molecular weight excluding hydrogens is 490 g/mol. The van der Waals surface area contributed by atoms with Crippen molar-refractivity contribution < 1.29 is 24.2 Å². The van der Waals surface area contributed by atoms with Gasteiger partial charge >= 0.3 is 6.09 Å². The van der Waals surface area contributed by atoms with Crippen molar-refractivity contribution in [2.45, 2.75) is 64.1 Å². The highest BCUT2D eigenvalue weighted by molar-refractivity contribution is 7.98. The van der Waals surface area contributed by atoms with Crippen LogP contribution in [0.5, 0.6) is 5.75 Å². The lowest BCUT2D eigenvalue weighted by molar-refractivity contribution is -0.130. The molecule has 2 aromatic carbocycles. The Morgan fingerprint density at radius 2 is 1.59 bits per heavy atom. The van der Waals surface area contributed by atoms with Gasteiger partial charge in [0.1, 0.15) is 23.4 Å². The fourth-order valence-electron chi connectivity index (χ4n) is 3.58. The van der Waals surface area contributed by atoms with Crippen LogP contribution in [0.3, 0.4) is 0 Å². The maximum absolute atomic E-state index is 13.3. The van der Waals surface area contributed by atoms with Gasteiger partial charge in [0.05, 0.1) is 0 Å². The summed E-state index contributed by atoms with van der Waals surface area (Å²) < 4.78 is 5.34. The van der Waals surface area contributed by atoms with Crippen LogP contribution >= 0.6 is 11.8 Å². The number of aromatic hydroxyl groups is 1. The first-order valence-corrected chi connectivity index (χ1v) is 13.8. The molecule has 2 atom stereocenters. The lowest BCUT2D eigenvalue weighted by Gasteiger charge is -2.25. The number of carbonyl (C=O) groups is 3. The largest absolute Gasteiger partial charge is 0.508 e. The second-order valence-electron chi connectivity index (χ2n) is 9.79. The van der Waals surface area contributed by atoms with E-state index in [1.807, 2.05) is 24.5 Å². The van der Waals surface area contributed by atoms with Crippen LogP contribution < -0.4 is 16.0 Å². The van der Waals surface area contributed by atoms with Crippen molar-refractivity contribution in [1.29, 1.82) is 0 Å². The van der Waals surface area contributed by atoms with Crippen LogP contribution in [-0.2, 0) is 27.2 Å². The highest BCUT2D eigenvalue weighted by atomic mass is 32.2. The molecule has 0 aliphatic carbocycles. The smallest absolute Gasteiger partial charge is 0.408 e. The third kappa shape index (κ3) is 12.1. The minimum Gasteiger partial charge on any atom is -0.508 e. The molecule has 4 N–H and O–H groups in total. The minimum atomic E-state index is -0.970. The first-order chi connectivity index (χ1) is 17.6. The van der Waals surface area contributed by atoms with E-state index in [9.17, 15) is 19.5 Å². The molecule has 0 saturated carbocycles. The van der Waals surface area contributed by atoms with Gasteiger partial charge < -0.3 is 25.8 Å². The van der Waals surface area contributed by atoms with Crippen molar-refractivity contribution in [1.82, 2.24) is 16.0 Å². The van der Waals surface area contributed by atoms with E-state index >= 15 is 0 Å². The summed E-state index contributed by atoms with van der Waals surface area (Å²) in [7, 11) is 0. The molecule has 2 rings (SSSR count). The highest BCUT2D eigenvalue weighted by Gasteiger charge is 2.28. The highest BCUT2D eigenvalue weighted by Crippen LogP contribution is 2.13. The van der Waals surface area contributed by atoms with Gasteiger partial charge in [-0.25, -0.2) is 4.79 Å². The lowest BCUT2D eigenvalue weighted by Crippen LogP contribution is -2.55. The van der Waals surface area contributed by atoms with Gasteiger partial charge in [0.2, 0.25) is 11.8 Å². The van der Waals surface area contributed by atoms with E-state index < -0.39 is 29.7 Å². The number of rotatable bonds is 13. The van der Waals surface area contributed by atoms with Gasteiger partial charge in [0, 0.05) is 13.0 Å². The van der Waals surface area contributed by atoms with Crippen molar-refractivity contribution in [3.63, 3.8) is 0 Å². The molecule has 8 nitrogen and oxygen atoms in total. The third-order valence-corrected chi connectivity index (χ3v) is 6.06. The van der Waals surface area contributed by atoms with E-state index in [-0.39, 0.29) is 18.1 Å². The SMILES string of the molecule is CSCC[C@@H](NC(=O)[C@H](Cc1ccc(O)cc1)NC(=O)OC(C)(C)C)C(=O)NCCCc1ccccc1. The molecule has 0 bridgehead atoms. The van der Waals surface area contributed by atoms with Gasteiger partial charge in [-0.2, -0.15) is 11.8 Å². The number of aryl methyl sites for hydroxylation is 1. The van der Waals surface area contributed by atoms with Crippen LogP contribution in [0.4, 0.5) is 4.79 Å². The number of hydrogen-bond acceptors (Lipinski definition) is 6. The molecule has 0 aliphatic rings. The second-order valence-corrected chi connectivity index (χ2v) is 10.8. The van der Waals surface area contributed by atoms with E-state index in [0.29, 0.717) is 18.7 Å². The number of ether oxygens (including phenoxy) is 1. The number of amides is 3. The second kappa shape index (κ2) is 15.1. The molecule has 9 heteroatoms. The Morgan fingerprint density at radius 1 is 0.919 bits per heavy atom. The zero-order chi connectivity index (χ0) is 27.3. The first kappa shape index (κ1) is 30.0. The normalized spacial score (nSPS) is 12.8. The summed E-state index contributed by atoms with van der Waals surface area (Å²) >= 11 is 1.58. The van der Waals surface area contributed by atoms with Crippen LogP contribution in [-0.4, -0.2) is 59.3 Å². The van der Waals surface area contributed by atoms with Crippen molar-refractivity contribution in [2.24, 2.45) is 0 Å². The quantitative estimate of drug-likeness (QED) is 0.293. The van der Waals surface area contributed by atoms with Crippen LogP contribution in [0.2, 0.25) is 0 Å². The van der Waals surface area contributed by atoms with Gasteiger partial charge in [0.25, 0.3) is 0 Å². The Balaban J connectivity index is 2.04. The molecule has 3 amide bonds. The van der Waals surface area contributed by atoms with E-state index in [4.69, 9.17) is 4.74 Å². The Kier molecular flexibility index (Phi) is 12.3. The molecule has 0 saturated heterocycles. The standard InChI is InChI=1S/C28H39N3O5S/c1-28(2,3)36-27(35)31-24(19-21-12-14-22(32)15-13-21)26(34)30-23(16-18-37-4)25(33)29-17-8-11-20-9-6-5-7-10-20/h5-7,9-10,12-15,23-24,32H,8,11,16-19H2,1-4H3,(H,29,33)(H,30,34)(H,31,35)/t23-,24+/m1/s1. The van der Waals surface area contributed by atoms with E-state index in [0.717, 1.165) is 18.4 Å². The molecule has 0 aromatic heterocycles. The van der Waals surface area contributed by atoms with Gasteiger partial charge in [-0.1, -0.05) is 42.5 Å². The van der Waals surface area contributed by atoms with Gasteiger partial charge in [-0.3, -0.25) is 9.59 Å². The van der Waals surface area contributed by atoms with E-state index in [1.165, 1.54) is 17.7 Å². The number of nitrogens with one attached hydrogen (secondary N) is 3. The number of phenolic OH excluding ortho intramolecular Hbond substituents is 1. The molecule has 2 aromatic rings. The van der Waals surface area contributed by atoms with Crippen LogP contribution in [0.25, 0.3) is 0 Å². The molecule has 37 heavy (non-hydrogen) atoms. The first-order valence-electron chi connectivity index (χ1n) is 12.5. The fourth-order valence-corrected chi connectivity index (χ4v) is 4.05. The number of carbonyl (C=O) groups excluding carboxylic acids is 3. The predicted molar refractivity (Wildman–Crippen MR) is 148 cm³/mol. The summed E-state index contributed by atoms with van der Waals surface area (Å²) in [6.45, 7) is 5.71. The van der Waals surface area contributed by atoms with Gasteiger partial charge in [-0.15, -0.1) is 0 Å². The van der Waals surface area contributed by atoms with Crippen molar-refractivity contribution in [2.75, 3.05) is 18.6 Å². The number of alkyl carbamates (subject to hydrolysis) is 1. The fraction of sp³-hybridized carbons (Fsp3) is 0.464. The number of phenols is 1. The molecule has 0 spiro atoms. The van der Waals surface area contributed by atoms with Crippen LogP contribution in [0.15, 0.2) is 54.6 Å². The summed E-state index contributed by atoms with van der Waals surface area (Å²) in [4.78, 5) is 38.7. The molecule has 202 valence electrons. The zero-order valence-corrected chi connectivity index (χ0v) is 22.9. The number of benzene rings is 2. The maximum Gasteiger partial charge on any atom is 0.408 e. The number of hydrogen-bond donors (Lipinski definition) is 4. The average molecular weight is 530 g/mol. The summed E-state index contributed by atoms with van der Waals surface area (Å²) in [6.07, 6.45) is 3.46. The number of thioether (sulfide) groups is 1. The predicted octanol–water partition coefficient (Wildman–Crippen LogP) is 3.81. The molecule has 0 radical (unpaired) electrons. The molecular formula is C28H39N3O5S. The summed E-state index contributed by atoms with van der Waals surface area (Å²) in [6, 6.07) is 14.7. The Morgan fingerprint density at radius 3 is 2.22 bits per heavy atom. The van der Waals surface area contributed by atoms with E-state index in [1.54, 1.807) is 44.7 Å². The molecule has 0 heterocycles. The molecule has 0 aliphatic heterocycles. The van der Waals surface area contributed by atoms with Crippen molar-refractivity contribution >= 4 is 29.7 Å². The summed E-state index contributed by atoms with van der Waals surface area (Å²) in [5.41, 5.74) is 1.21. The summed E-state index contributed by atoms with van der Waals surface area (Å²) in [5.74, 6) is 0.0522. The monoisotopic (exact) mass is 529 g/mol. The van der Waals surface area contributed by atoms with Crippen LogP contribution in [0, 0.1) is 0 Å². The van der Waals surface area contributed by atoms with Crippen molar-refractivity contribution in [3.8, 4) is 5.75 Å². The average Bonchev–Trinajstić information content (AvgIpc) is 2.84. The maximum atomic E-state index is 13.3. The Labute approximate surface area is 223 Å². The third-order valence-electron chi connectivity index (χ3n) is 5.41. The Hall–Kier alpha value is -3.20. The molecule has 0 fully saturated rings.